The molecule has 3 N–H and O–H groups in total. The van der Waals surface area contributed by atoms with Crippen LogP contribution in [0, 0.1) is 6.92 Å². The predicted octanol–water partition coefficient (Wildman–Crippen LogP) is -0.377. The van der Waals surface area contributed by atoms with Crippen molar-refractivity contribution in [2.45, 2.75) is 20.1 Å². The fourth-order valence-corrected chi connectivity index (χ4v) is 1.19. The zero-order valence-electron chi connectivity index (χ0n) is 8.80. The van der Waals surface area contributed by atoms with Crippen molar-refractivity contribution in [2.75, 3.05) is 6.61 Å². The molecule has 6 nitrogen and oxygen atoms in total. The highest BCUT2D eigenvalue weighted by Gasteiger charge is 2.12. The maximum absolute atomic E-state index is 10.7. The molecule has 0 aromatic carbocycles. The fourth-order valence-electron chi connectivity index (χ4n) is 1.19. The Hall–Kier alpha value is -1.66. The number of hydrogen-bond donors (Lipinski definition) is 3. The van der Waals surface area contributed by atoms with Crippen molar-refractivity contribution in [3.05, 3.63) is 23.0 Å². The third-order valence-electron chi connectivity index (χ3n) is 2.11. The molecule has 0 saturated carbocycles. The highest BCUT2D eigenvalue weighted by Crippen LogP contribution is 2.24. The van der Waals surface area contributed by atoms with Crippen LogP contribution in [0.2, 0.25) is 0 Å². The number of carbonyl (C=O) groups is 1. The number of aliphatic hydroxyl groups is 2. The number of pyridine rings is 1. The van der Waals surface area contributed by atoms with Gasteiger partial charge in [-0.15, -0.1) is 0 Å². The molecule has 0 aliphatic heterocycles. The van der Waals surface area contributed by atoms with Crippen LogP contribution in [0.5, 0.6) is 5.75 Å². The first-order valence-corrected chi connectivity index (χ1v) is 4.63. The van der Waals surface area contributed by atoms with Gasteiger partial charge in [-0.3, -0.25) is 4.98 Å². The zero-order chi connectivity index (χ0) is 12.1. The number of ether oxygens (including phenoxy) is 1. The average Bonchev–Trinajstić information content (AvgIpc) is 2.30. The summed E-state index contributed by atoms with van der Waals surface area (Å²) >= 11 is 0. The minimum atomic E-state index is -0.774. The molecule has 1 rings (SSSR count). The number of hydrogen-bond acceptors (Lipinski definition) is 6. The van der Waals surface area contributed by atoms with Gasteiger partial charge in [0, 0.05) is 17.3 Å². The minimum absolute atomic E-state index is 0.111. The Balaban J connectivity index is 2.88. The number of aliphatic hydroxyl groups excluding tert-OH is 2. The van der Waals surface area contributed by atoms with Gasteiger partial charge in [-0.25, -0.2) is 4.79 Å². The molecule has 0 saturated heterocycles. The molecule has 16 heavy (non-hydrogen) atoms. The number of aromatic nitrogens is 1. The quantitative estimate of drug-likeness (QED) is 0.606. The number of rotatable bonds is 4. The predicted molar refractivity (Wildman–Crippen MR) is 53.4 cm³/mol. The number of esters is 1. The monoisotopic (exact) mass is 227 g/mol. The van der Waals surface area contributed by atoms with Gasteiger partial charge in [-0.05, 0) is 6.92 Å². The summed E-state index contributed by atoms with van der Waals surface area (Å²) in [4.78, 5) is 14.6. The van der Waals surface area contributed by atoms with Crippen LogP contribution in [0.15, 0.2) is 6.20 Å². The number of aromatic hydroxyl groups is 1. The summed E-state index contributed by atoms with van der Waals surface area (Å²) in [6, 6.07) is 0. The fraction of sp³-hybridized carbons (Fsp3) is 0.400. The molecule has 1 aromatic heterocycles. The van der Waals surface area contributed by atoms with Crippen LogP contribution in [-0.4, -0.2) is 32.9 Å². The van der Waals surface area contributed by atoms with Crippen LogP contribution in [0.3, 0.4) is 0 Å². The van der Waals surface area contributed by atoms with Crippen LogP contribution in [0.1, 0.15) is 16.8 Å². The van der Waals surface area contributed by atoms with Crippen LogP contribution in [-0.2, 0) is 22.7 Å². The van der Waals surface area contributed by atoms with Gasteiger partial charge in [-0.1, -0.05) is 0 Å². The lowest BCUT2D eigenvalue weighted by Gasteiger charge is -2.10. The van der Waals surface area contributed by atoms with Crippen molar-refractivity contribution in [1.29, 1.82) is 0 Å². The van der Waals surface area contributed by atoms with E-state index in [1.165, 1.54) is 6.20 Å². The van der Waals surface area contributed by atoms with Crippen molar-refractivity contribution in [2.24, 2.45) is 0 Å². The van der Waals surface area contributed by atoms with Crippen LogP contribution < -0.4 is 0 Å². The molecule has 88 valence electrons. The Kier molecular flexibility index (Phi) is 4.21. The third-order valence-corrected chi connectivity index (χ3v) is 2.11. The smallest absolute Gasteiger partial charge is 0.332 e. The molecule has 0 aliphatic rings. The summed E-state index contributed by atoms with van der Waals surface area (Å²) in [5.74, 6) is -0.885. The third kappa shape index (κ3) is 2.68. The molecule has 0 atom stereocenters. The van der Waals surface area contributed by atoms with Gasteiger partial charge in [0.05, 0.1) is 12.3 Å². The van der Waals surface area contributed by atoms with Gasteiger partial charge in [-0.2, -0.15) is 0 Å². The van der Waals surface area contributed by atoms with Crippen molar-refractivity contribution in [3.63, 3.8) is 0 Å². The van der Waals surface area contributed by atoms with E-state index in [0.717, 1.165) is 0 Å². The standard InChI is InChI=1S/C10H13NO5/c1-6-10(15)8(3-12)7(2-11-6)5-16-9(14)4-13/h2,12-13,15H,3-5H2,1H3. The second-order valence-electron chi connectivity index (χ2n) is 3.17. The first kappa shape index (κ1) is 12.4. The van der Waals surface area contributed by atoms with Crippen molar-refractivity contribution in [3.8, 4) is 5.75 Å². The lowest BCUT2D eigenvalue weighted by Crippen LogP contribution is -2.10. The van der Waals surface area contributed by atoms with E-state index in [1.54, 1.807) is 6.92 Å². The van der Waals surface area contributed by atoms with E-state index in [0.29, 0.717) is 11.3 Å². The van der Waals surface area contributed by atoms with E-state index < -0.39 is 12.6 Å². The summed E-state index contributed by atoms with van der Waals surface area (Å²) < 4.78 is 4.66. The van der Waals surface area contributed by atoms with Gasteiger partial charge in [0.1, 0.15) is 19.0 Å². The maximum atomic E-state index is 10.7. The van der Waals surface area contributed by atoms with E-state index in [1.807, 2.05) is 0 Å². The van der Waals surface area contributed by atoms with Crippen LogP contribution in [0.25, 0.3) is 0 Å². The Morgan fingerprint density at radius 2 is 2.19 bits per heavy atom. The average molecular weight is 227 g/mol. The Morgan fingerprint density at radius 3 is 2.75 bits per heavy atom. The number of nitrogens with zero attached hydrogens (tertiary/aromatic N) is 1. The second kappa shape index (κ2) is 5.43. The highest BCUT2D eigenvalue weighted by molar-refractivity contribution is 5.70. The largest absolute Gasteiger partial charge is 0.506 e. The zero-order valence-corrected chi connectivity index (χ0v) is 8.80. The first-order valence-electron chi connectivity index (χ1n) is 4.63. The van der Waals surface area contributed by atoms with Gasteiger partial charge >= 0.3 is 5.97 Å². The van der Waals surface area contributed by atoms with Crippen molar-refractivity contribution in [1.82, 2.24) is 4.98 Å². The summed E-state index contributed by atoms with van der Waals surface area (Å²) in [7, 11) is 0. The molecule has 1 aromatic rings. The Bertz CT molecular complexity index is 391. The second-order valence-corrected chi connectivity index (χ2v) is 3.17. The Morgan fingerprint density at radius 1 is 1.50 bits per heavy atom. The van der Waals surface area contributed by atoms with Crippen molar-refractivity contribution < 1.29 is 24.9 Å². The SMILES string of the molecule is Cc1ncc(COC(=O)CO)c(CO)c1O. The molecule has 0 radical (unpaired) electrons. The molecule has 0 unspecified atom stereocenters. The van der Waals surface area contributed by atoms with Crippen LogP contribution >= 0.6 is 0 Å². The molecule has 6 heteroatoms. The molecule has 0 amide bonds. The molecule has 0 aliphatic carbocycles. The van der Waals surface area contributed by atoms with Gasteiger partial charge in [0.15, 0.2) is 0 Å². The number of carbonyl (C=O) groups excluding carboxylic acids is 1. The lowest BCUT2D eigenvalue weighted by atomic mass is 10.1. The van der Waals surface area contributed by atoms with E-state index in [4.69, 9.17) is 10.2 Å². The van der Waals surface area contributed by atoms with E-state index in [9.17, 15) is 9.90 Å². The molecule has 0 spiro atoms. The molecule has 1 heterocycles. The topological polar surface area (TPSA) is 99.9 Å². The van der Waals surface area contributed by atoms with E-state index >= 15 is 0 Å². The van der Waals surface area contributed by atoms with Crippen molar-refractivity contribution >= 4 is 5.97 Å². The Labute approximate surface area is 92.1 Å². The summed E-state index contributed by atoms with van der Waals surface area (Å²) in [6.45, 7) is 0.370. The minimum Gasteiger partial charge on any atom is -0.506 e. The van der Waals surface area contributed by atoms with Gasteiger partial charge < -0.3 is 20.1 Å². The van der Waals surface area contributed by atoms with Crippen LogP contribution in [0.4, 0.5) is 0 Å². The highest BCUT2D eigenvalue weighted by atomic mass is 16.5. The molecular weight excluding hydrogens is 214 g/mol. The van der Waals surface area contributed by atoms with E-state index in [2.05, 4.69) is 9.72 Å². The summed E-state index contributed by atoms with van der Waals surface area (Å²) in [5, 5.41) is 27.1. The first-order chi connectivity index (χ1) is 7.60. The summed E-state index contributed by atoms with van der Waals surface area (Å²) in [5.41, 5.74) is 1.08. The maximum Gasteiger partial charge on any atom is 0.332 e. The molecular formula is C10H13NO5. The van der Waals surface area contributed by atoms with E-state index in [-0.39, 0.29) is 24.5 Å². The van der Waals surface area contributed by atoms with Gasteiger partial charge in [0.25, 0.3) is 0 Å². The number of aryl methyl sites for hydroxylation is 1. The normalized spacial score (nSPS) is 10.2. The summed E-state index contributed by atoms with van der Waals surface area (Å²) in [6.07, 6.45) is 1.41. The molecule has 0 fully saturated rings. The van der Waals surface area contributed by atoms with Gasteiger partial charge in [0.2, 0.25) is 0 Å². The molecule has 0 bridgehead atoms. The lowest BCUT2D eigenvalue weighted by molar-refractivity contribution is -0.148.